The van der Waals surface area contributed by atoms with E-state index >= 15 is 0 Å². The van der Waals surface area contributed by atoms with Crippen molar-refractivity contribution in [1.29, 1.82) is 0 Å². The highest BCUT2D eigenvalue weighted by Gasteiger charge is 2.28. The van der Waals surface area contributed by atoms with Gasteiger partial charge in [0, 0.05) is 6.92 Å². The van der Waals surface area contributed by atoms with Gasteiger partial charge in [0.2, 0.25) is 5.91 Å². The Morgan fingerprint density at radius 1 is 1.90 bits per heavy atom. The van der Waals surface area contributed by atoms with E-state index in [1.165, 1.54) is 11.8 Å². The first-order chi connectivity index (χ1) is 4.61. The Morgan fingerprint density at radius 2 is 2.50 bits per heavy atom. The second kappa shape index (κ2) is 2.77. The summed E-state index contributed by atoms with van der Waals surface area (Å²) in [7, 11) is 0. The summed E-state index contributed by atoms with van der Waals surface area (Å²) in [4.78, 5) is 12.2. The molecule has 1 saturated heterocycles. The summed E-state index contributed by atoms with van der Waals surface area (Å²) in [5.41, 5.74) is -0.340. The van der Waals surface area contributed by atoms with Crippen molar-refractivity contribution in [3.8, 4) is 0 Å². The van der Waals surface area contributed by atoms with E-state index in [9.17, 15) is 4.79 Å². The van der Waals surface area contributed by atoms with Crippen LogP contribution in [0.1, 0.15) is 6.92 Å². The van der Waals surface area contributed by atoms with Crippen LogP contribution in [0.5, 0.6) is 0 Å². The summed E-state index contributed by atoms with van der Waals surface area (Å²) in [6, 6.07) is 0. The van der Waals surface area contributed by atoms with Crippen molar-refractivity contribution in [2.24, 2.45) is 0 Å². The molecule has 0 aromatic carbocycles. The molecule has 2 N–H and O–H groups in total. The lowest BCUT2D eigenvalue weighted by molar-refractivity contribution is -0.128. The molecule has 1 aliphatic rings. The van der Waals surface area contributed by atoms with Gasteiger partial charge in [0.05, 0.1) is 6.54 Å². The third kappa shape index (κ3) is 1.42. The second-order valence-electron chi connectivity index (χ2n) is 2.23. The van der Waals surface area contributed by atoms with Gasteiger partial charge in [-0.1, -0.05) is 0 Å². The van der Waals surface area contributed by atoms with E-state index in [0.717, 1.165) is 0 Å². The molecule has 0 saturated carbocycles. The first-order valence-corrected chi connectivity index (χ1v) is 3.52. The van der Waals surface area contributed by atoms with Gasteiger partial charge in [-0.2, -0.15) is 0 Å². The largest absolute Gasteiger partial charge is 0.377 e. The summed E-state index contributed by atoms with van der Waals surface area (Å²) in [6.07, 6.45) is -0.633. The van der Waals surface area contributed by atoms with Crippen molar-refractivity contribution >= 4 is 18.5 Å². The van der Waals surface area contributed by atoms with Gasteiger partial charge in [0.25, 0.3) is 0 Å². The Morgan fingerprint density at radius 3 is 2.70 bits per heavy atom. The SMILES string of the molecule is CC(=O)N1CC(O)NC1S. The summed E-state index contributed by atoms with van der Waals surface area (Å²) < 4.78 is 0. The third-order valence-corrected chi connectivity index (χ3v) is 1.84. The molecule has 2 unspecified atom stereocenters. The van der Waals surface area contributed by atoms with E-state index < -0.39 is 6.23 Å². The summed E-state index contributed by atoms with van der Waals surface area (Å²) >= 11 is 4.02. The van der Waals surface area contributed by atoms with Crippen LogP contribution in [0.2, 0.25) is 0 Å². The number of hydrogen-bond acceptors (Lipinski definition) is 4. The van der Waals surface area contributed by atoms with Crippen LogP contribution in [-0.2, 0) is 4.79 Å². The average molecular weight is 162 g/mol. The number of nitrogens with zero attached hydrogens (tertiary/aromatic N) is 1. The summed E-state index contributed by atoms with van der Waals surface area (Å²) in [5.74, 6) is -0.0796. The highest BCUT2D eigenvalue weighted by molar-refractivity contribution is 7.80. The number of carbonyl (C=O) groups excluding carboxylic acids is 1. The van der Waals surface area contributed by atoms with Gasteiger partial charge in [-0.05, 0) is 0 Å². The molecule has 1 rings (SSSR count). The molecule has 1 amide bonds. The molecule has 0 spiro atoms. The van der Waals surface area contributed by atoms with Crippen molar-refractivity contribution in [1.82, 2.24) is 10.2 Å². The van der Waals surface area contributed by atoms with E-state index in [1.807, 2.05) is 0 Å². The molecular weight excluding hydrogens is 152 g/mol. The maximum atomic E-state index is 10.7. The van der Waals surface area contributed by atoms with Crippen LogP contribution in [-0.4, -0.2) is 34.2 Å². The van der Waals surface area contributed by atoms with E-state index in [0.29, 0.717) is 6.54 Å². The fourth-order valence-corrected chi connectivity index (χ4v) is 1.33. The molecule has 0 aliphatic carbocycles. The number of aliphatic hydroxyl groups excluding tert-OH is 1. The third-order valence-electron chi connectivity index (χ3n) is 1.41. The molecule has 5 heteroatoms. The smallest absolute Gasteiger partial charge is 0.221 e. The number of nitrogens with one attached hydrogen (secondary N) is 1. The van der Waals surface area contributed by atoms with Crippen LogP contribution in [0.3, 0.4) is 0 Å². The fraction of sp³-hybridized carbons (Fsp3) is 0.800. The van der Waals surface area contributed by atoms with Gasteiger partial charge in [-0.25, -0.2) is 0 Å². The fourth-order valence-electron chi connectivity index (χ4n) is 0.902. The van der Waals surface area contributed by atoms with E-state index in [1.54, 1.807) is 0 Å². The van der Waals surface area contributed by atoms with Gasteiger partial charge in [-0.3, -0.25) is 10.1 Å². The Labute approximate surface area is 64.6 Å². The van der Waals surface area contributed by atoms with Crippen LogP contribution >= 0.6 is 12.6 Å². The number of β-amino-alcohol motifs (C(OH)–C–C–N with tert-alkyl or cyclic N) is 1. The van der Waals surface area contributed by atoms with Crippen LogP contribution in [0.4, 0.5) is 0 Å². The Bertz CT molecular complexity index is 153. The minimum absolute atomic E-state index is 0.0796. The average Bonchev–Trinajstić information content (AvgIpc) is 2.10. The van der Waals surface area contributed by atoms with E-state index in [-0.39, 0.29) is 11.4 Å². The Kier molecular flexibility index (Phi) is 2.18. The summed E-state index contributed by atoms with van der Waals surface area (Å²) in [5, 5.41) is 11.6. The molecule has 1 fully saturated rings. The topological polar surface area (TPSA) is 52.6 Å². The first kappa shape index (κ1) is 7.84. The molecule has 0 radical (unpaired) electrons. The molecule has 10 heavy (non-hydrogen) atoms. The monoisotopic (exact) mass is 162 g/mol. The summed E-state index contributed by atoms with van der Waals surface area (Å²) in [6.45, 7) is 1.77. The molecule has 2 atom stereocenters. The Balaban J connectivity index is 2.54. The van der Waals surface area contributed by atoms with Crippen LogP contribution < -0.4 is 5.32 Å². The Hall–Kier alpha value is -0.260. The second-order valence-corrected chi connectivity index (χ2v) is 2.72. The van der Waals surface area contributed by atoms with Crippen LogP contribution in [0.25, 0.3) is 0 Å². The molecule has 0 aromatic heterocycles. The number of rotatable bonds is 0. The quantitative estimate of drug-likeness (QED) is 0.399. The lowest BCUT2D eigenvalue weighted by Crippen LogP contribution is -2.34. The van der Waals surface area contributed by atoms with E-state index in [4.69, 9.17) is 5.11 Å². The van der Waals surface area contributed by atoms with Gasteiger partial charge >= 0.3 is 0 Å². The molecule has 1 aliphatic heterocycles. The molecule has 1 heterocycles. The number of carbonyl (C=O) groups is 1. The van der Waals surface area contributed by atoms with Crippen molar-refractivity contribution in [2.75, 3.05) is 6.54 Å². The maximum Gasteiger partial charge on any atom is 0.221 e. The van der Waals surface area contributed by atoms with Gasteiger partial charge < -0.3 is 10.0 Å². The lowest BCUT2D eigenvalue weighted by Gasteiger charge is -2.16. The highest BCUT2D eigenvalue weighted by Crippen LogP contribution is 2.09. The maximum absolute atomic E-state index is 10.7. The van der Waals surface area contributed by atoms with Crippen LogP contribution in [0, 0.1) is 0 Å². The minimum Gasteiger partial charge on any atom is -0.377 e. The first-order valence-electron chi connectivity index (χ1n) is 3.00. The van der Waals surface area contributed by atoms with Gasteiger partial charge in [0.1, 0.15) is 11.7 Å². The van der Waals surface area contributed by atoms with E-state index in [2.05, 4.69) is 17.9 Å². The number of thiol groups is 1. The molecule has 4 nitrogen and oxygen atoms in total. The van der Waals surface area contributed by atoms with Crippen molar-refractivity contribution < 1.29 is 9.90 Å². The molecule has 0 bridgehead atoms. The number of amides is 1. The van der Waals surface area contributed by atoms with Crippen molar-refractivity contribution in [2.45, 2.75) is 18.6 Å². The molecular formula is C5H10N2O2S. The van der Waals surface area contributed by atoms with Crippen molar-refractivity contribution in [3.05, 3.63) is 0 Å². The predicted molar refractivity (Wildman–Crippen MR) is 39.3 cm³/mol. The predicted octanol–water partition coefficient (Wildman–Crippen LogP) is -1.03. The van der Waals surface area contributed by atoms with Gasteiger partial charge in [0.15, 0.2) is 0 Å². The zero-order chi connectivity index (χ0) is 7.72. The normalized spacial score (nSPS) is 32.9. The van der Waals surface area contributed by atoms with Gasteiger partial charge in [-0.15, -0.1) is 12.6 Å². The standard InChI is InChI=1S/C5H10N2O2S/c1-3(8)7-2-4(9)6-5(7)10/h4-6,9-10H,2H2,1H3. The lowest BCUT2D eigenvalue weighted by atomic mass is 10.5. The zero-order valence-corrected chi connectivity index (χ0v) is 6.51. The minimum atomic E-state index is -0.633. The van der Waals surface area contributed by atoms with Crippen molar-refractivity contribution in [3.63, 3.8) is 0 Å². The van der Waals surface area contributed by atoms with Crippen LogP contribution in [0.15, 0.2) is 0 Å². The molecule has 0 aromatic rings. The number of hydrogen-bond donors (Lipinski definition) is 3. The number of aliphatic hydroxyl groups is 1. The highest BCUT2D eigenvalue weighted by atomic mass is 32.1. The zero-order valence-electron chi connectivity index (χ0n) is 5.61. The molecule has 58 valence electrons.